The Labute approximate surface area is 193 Å². The molecule has 3 saturated heterocycles. The number of aliphatic hydroxyl groups excluding tert-OH is 1. The average molecular weight is 444 g/mol. The predicted molar refractivity (Wildman–Crippen MR) is 126 cm³/mol. The van der Waals surface area contributed by atoms with E-state index in [1.165, 1.54) is 50.9 Å². The largest absolute Gasteiger partial charge is 0.394 e. The van der Waals surface area contributed by atoms with E-state index >= 15 is 0 Å². The van der Waals surface area contributed by atoms with Crippen LogP contribution in [-0.4, -0.2) is 78.9 Å². The quantitative estimate of drug-likeness (QED) is 0.515. The number of benzene rings is 1. The number of nitrogens with one attached hydrogen (secondary N) is 1. The lowest BCUT2D eigenvalue weighted by atomic mass is 9.69. The van der Waals surface area contributed by atoms with Crippen LogP contribution < -0.4 is 5.32 Å². The van der Waals surface area contributed by atoms with Crippen LogP contribution in [0.5, 0.6) is 0 Å². The Morgan fingerprint density at radius 1 is 1.12 bits per heavy atom. The third kappa shape index (κ3) is 6.10. The molecule has 3 aliphatic rings. The summed E-state index contributed by atoms with van der Waals surface area (Å²) in [5, 5.41) is 11.7. The minimum absolute atomic E-state index is 0.0231. The fraction of sp³-hybridized carbons (Fsp3) is 0.731. The molecule has 1 aromatic carbocycles. The molecule has 4 atom stereocenters. The van der Waals surface area contributed by atoms with E-state index in [1.807, 2.05) is 0 Å². The molecule has 0 aromatic heterocycles. The molecule has 0 aliphatic carbocycles. The first-order valence-electron chi connectivity index (χ1n) is 12.7. The number of amides is 1. The van der Waals surface area contributed by atoms with Gasteiger partial charge in [-0.2, -0.15) is 0 Å². The van der Waals surface area contributed by atoms with Gasteiger partial charge >= 0.3 is 0 Å². The predicted octanol–water partition coefficient (Wildman–Crippen LogP) is 2.66. The maximum Gasteiger partial charge on any atom is 0.220 e. The van der Waals surface area contributed by atoms with Gasteiger partial charge in [0.25, 0.3) is 0 Å². The fourth-order valence-corrected chi connectivity index (χ4v) is 6.47. The van der Waals surface area contributed by atoms with E-state index in [4.69, 9.17) is 9.84 Å². The molecule has 0 bridgehead atoms. The summed E-state index contributed by atoms with van der Waals surface area (Å²) >= 11 is 0. The molecule has 3 fully saturated rings. The number of nitrogens with zero attached hydrogens (tertiary/aromatic N) is 2. The number of rotatable bonds is 11. The Kier molecular flexibility index (Phi) is 8.97. The summed E-state index contributed by atoms with van der Waals surface area (Å²) in [6.07, 6.45) is 7.99. The van der Waals surface area contributed by atoms with Crippen LogP contribution in [0.1, 0.15) is 50.5 Å². The van der Waals surface area contributed by atoms with Gasteiger partial charge in [0, 0.05) is 38.1 Å². The normalized spacial score (nSPS) is 28.3. The Morgan fingerprint density at radius 2 is 1.94 bits per heavy atom. The summed E-state index contributed by atoms with van der Waals surface area (Å²) in [6.45, 7) is 6.12. The highest BCUT2D eigenvalue weighted by atomic mass is 16.5. The van der Waals surface area contributed by atoms with Crippen molar-refractivity contribution in [2.75, 3.05) is 46.0 Å². The van der Waals surface area contributed by atoms with Crippen LogP contribution in [-0.2, 0) is 16.1 Å². The van der Waals surface area contributed by atoms with Gasteiger partial charge in [-0.1, -0.05) is 30.3 Å². The van der Waals surface area contributed by atoms with Crippen molar-refractivity contribution in [3.8, 4) is 0 Å². The third-order valence-corrected chi connectivity index (χ3v) is 7.71. The molecule has 6 nitrogen and oxygen atoms in total. The van der Waals surface area contributed by atoms with Crippen LogP contribution in [0.4, 0.5) is 0 Å². The minimum atomic E-state index is 0.0231. The summed E-state index contributed by atoms with van der Waals surface area (Å²) in [5.41, 5.74) is 1.40. The summed E-state index contributed by atoms with van der Waals surface area (Å²) in [7, 11) is 0. The molecule has 0 radical (unpaired) electrons. The zero-order chi connectivity index (χ0) is 22.2. The van der Waals surface area contributed by atoms with E-state index < -0.39 is 0 Å². The molecule has 4 rings (SSSR count). The number of aliphatic hydroxyl groups is 1. The smallest absolute Gasteiger partial charge is 0.220 e. The lowest BCUT2D eigenvalue weighted by Crippen LogP contribution is -2.64. The van der Waals surface area contributed by atoms with Gasteiger partial charge in [-0.3, -0.25) is 14.6 Å². The zero-order valence-corrected chi connectivity index (χ0v) is 19.5. The number of carbonyl (C=O) groups excluding carboxylic acids is 1. The second kappa shape index (κ2) is 12.1. The minimum Gasteiger partial charge on any atom is -0.394 e. The van der Waals surface area contributed by atoms with Crippen LogP contribution in [0.3, 0.4) is 0 Å². The second-order valence-corrected chi connectivity index (χ2v) is 9.80. The standard InChI is InChI=1S/C26H41N3O3/c30-16-18-32-17-13-27-25(31)12-4-11-24-23-10-6-15-28-14-5-9-22(26(23)28)20-29(24)19-21-7-2-1-3-8-21/h1-3,7-8,22-24,26,30H,4-6,9-20H2,(H,27,31)/t22-,23+,24+,26-/m0/s1. The summed E-state index contributed by atoms with van der Waals surface area (Å²) < 4.78 is 5.22. The molecule has 178 valence electrons. The van der Waals surface area contributed by atoms with Crippen molar-refractivity contribution in [3.05, 3.63) is 35.9 Å². The molecule has 32 heavy (non-hydrogen) atoms. The SMILES string of the molecule is O=C(CCC[C@@H]1[C@H]2CCCN3CCC[C@@H](CN1Cc1ccccc1)[C@@H]23)NCCOCCO. The highest BCUT2D eigenvalue weighted by Crippen LogP contribution is 2.43. The van der Waals surface area contributed by atoms with E-state index in [2.05, 4.69) is 45.4 Å². The maximum absolute atomic E-state index is 12.3. The van der Waals surface area contributed by atoms with Crippen molar-refractivity contribution in [2.45, 2.75) is 63.6 Å². The zero-order valence-electron chi connectivity index (χ0n) is 19.5. The summed E-state index contributed by atoms with van der Waals surface area (Å²) in [5.74, 6) is 1.65. The number of likely N-dealkylation sites (tertiary alicyclic amines) is 1. The molecule has 3 aliphatic heterocycles. The van der Waals surface area contributed by atoms with Gasteiger partial charge in [0.15, 0.2) is 0 Å². The Balaban J connectivity index is 1.35. The topological polar surface area (TPSA) is 65.0 Å². The van der Waals surface area contributed by atoms with E-state index in [-0.39, 0.29) is 12.5 Å². The molecule has 0 spiro atoms. The first-order chi connectivity index (χ1) is 15.8. The molecule has 1 amide bonds. The van der Waals surface area contributed by atoms with E-state index in [0.29, 0.717) is 32.2 Å². The number of piperidine rings is 3. The Morgan fingerprint density at radius 3 is 2.75 bits per heavy atom. The van der Waals surface area contributed by atoms with Crippen LogP contribution >= 0.6 is 0 Å². The summed E-state index contributed by atoms with van der Waals surface area (Å²) in [6, 6.07) is 12.2. The molecule has 3 heterocycles. The first-order valence-corrected chi connectivity index (χ1v) is 12.7. The Bertz CT molecular complexity index is 699. The van der Waals surface area contributed by atoms with Gasteiger partial charge < -0.3 is 15.2 Å². The van der Waals surface area contributed by atoms with Crippen molar-refractivity contribution in [3.63, 3.8) is 0 Å². The lowest BCUT2D eigenvalue weighted by molar-refractivity contribution is -0.121. The van der Waals surface area contributed by atoms with Gasteiger partial charge in [-0.25, -0.2) is 0 Å². The molecular formula is C26H41N3O3. The number of ether oxygens (including phenoxy) is 1. The van der Waals surface area contributed by atoms with Crippen molar-refractivity contribution >= 4 is 5.91 Å². The van der Waals surface area contributed by atoms with Gasteiger partial charge in [0.1, 0.15) is 0 Å². The molecule has 2 N–H and O–H groups in total. The van der Waals surface area contributed by atoms with Gasteiger partial charge in [-0.05, 0) is 69.0 Å². The van der Waals surface area contributed by atoms with Crippen molar-refractivity contribution in [2.24, 2.45) is 11.8 Å². The number of hydrogen-bond donors (Lipinski definition) is 2. The highest BCUT2D eigenvalue weighted by Gasteiger charge is 2.48. The van der Waals surface area contributed by atoms with Crippen molar-refractivity contribution in [1.29, 1.82) is 0 Å². The van der Waals surface area contributed by atoms with Crippen molar-refractivity contribution < 1.29 is 14.6 Å². The van der Waals surface area contributed by atoms with E-state index in [0.717, 1.165) is 37.3 Å². The molecule has 6 heteroatoms. The van der Waals surface area contributed by atoms with Crippen LogP contribution in [0.25, 0.3) is 0 Å². The van der Waals surface area contributed by atoms with E-state index in [9.17, 15) is 4.79 Å². The first kappa shape index (κ1) is 23.7. The Hall–Kier alpha value is -1.47. The molecule has 0 unspecified atom stereocenters. The van der Waals surface area contributed by atoms with Crippen molar-refractivity contribution in [1.82, 2.24) is 15.1 Å². The lowest BCUT2D eigenvalue weighted by Gasteiger charge is -2.57. The van der Waals surface area contributed by atoms with Gasteiger partial charge in [-0.15, -0.1) is 0 Å². The number of carbonyl (C=O) groups is 1. The molecule has 0 saturated carbocycles. The van der Waals surface area contributed by atoms with Gasteiger partial charge in [0.2, 0.25) is 5.91 Å². The van der Waals surface area contributed by atoms with Crippen LogP contribution in [0.2, 0.25) is 0 Å². The maximum atomic E-state index is 12.3. The second-order valence-electron chi connectivity index (χ2n) is 9.80. The van der Waals surface area contributed by atoms with Gasteiger partial charge in [0.05, 0.1) is 19.8 Å². The number of hydrogen-bond acceptors (Lipinski definition) is 5. The van der Waals surface area contributed by atoms with E-state index in [1.54, 1.807) is 0 Å². The summed E-state index contributed by atoms with van der Waals surface area (Å²) in [4.78, 5) is 17.9. The molecular weight excluding hydrogens is 402 g/mol. The third-order valence-electron chi connectivity index (χ3n) is 7.71. The highest BCUT2D eigenvalue weighted by molar-refractivity contribution is 5.75. The molecule has 1 aromatic rings. The monoisotopic (exact) mass is 443 g/mol. The fourth-order valence-electron chi connectivity index (χ4n) is 6.47. The average Bonchev–Trinajstić information content (AvgIpc) is 2.82. The van der Waals surface area contributed by atoms with Crippen LogP contribution in [0, 0.1) is 11.8 Å². The van der Waals surface area contributed by atoms with Crippen LogP contribution in [0.15, 0.2) is 30.3 Å².